The molecule has 5 nitrogen and oxygen atoms in total. The Balaban J connectivity index is 1.86. The van der Waals surface area contributed by atoms with Gasteiger partial charge in [-0.3, -0.25) is 4.79 Å². The summed E-state index contributed by atoms with van der Waals surface area (Å²) in [4.78, 5) is 13.5. The van der Waals surface area contributed by atoms with Gasteiger partial charge in [0.2, 0.25) is 0 Å². The minimum Gasteiger partial charge on any atom is -0.491 e. The fourth-order valence-corrected chi connectivity index (χ4v) is 4.42. The lowest BCUT2D eigenvalue weighted by Crippen LogP contribution is -2.43. The minimum atomic E-state index is -1.36. The van der Waals surface area contributed by atoms with Crippen LogP contribution >= 0.6 is 0 Å². The standard InChI is InChI=1S/C27H30N2O3/c1-19(2)31-23-15-13-20(14-16-23)24-11-7-8-12-25(24)32-26(30)27(3,22(17-28)18-29)21-9-5-4-6-10-21/h4-6,9-10,13-16,19,22,24-25H,7-8,11-12H2,1-3H3/t24-,25+,27-/m0/s1. The number of benzene rings is 2. The number of nitriles is 2. The average molecular weight is 431 g/mol. The van der Waals surface area contributed by atoms with Crippen molar-refractivity contribution >= 4 is 5.97 Å². The smallest absolute Gasteiger partial charge is 0.319 e. The average Bonchev–Trinajstić information content (AvgIpc) is 2.81. The van der Waals surface area contributed by atoms with Gasteiger partial charge in [0.15, 0.2) is 5.92 Å². The Kier molecular flexibility index (Phi) is 7.54. The first kappa shape index (κ1) is 23.4. The predicted molar refractivity (Wildman–Crippen MR) is 122 cm³/mol. The molecule has 0 saturated heterocycles. The number of hydrogen-bond acceptors (Lipinski definition) is 5. The Hall–Kier alpha value is -3.31. The maximum atomic E-state index is 13.5. The molecule has 32 heavy (non-hydrogen) atoms. The molecule has 0 aromatic heterocycles. The lowest BCUT2D eigenvalue weighted by Gasteiger charge is -2.36. The highest BCUT2D eigenvalue weighted by Crippen LogP contribution is 2.39. The van der Waals surface area contributed by atoms with E-state index in [1.54, 1.807) is 31.2 Å². The zero-order valence-electron chi connectivity index (χ0n) is 19.0. The lowest BCUT2D eigenvalue weighted by molar-refractivity contribution is -0.159. The number of rotatable bonds is 7. The minimum absolute atomic E-state index is 0.0726. The van der Waals surface area contributed by atoms with E-state index in [0.29, 0.717) is 5.56 Å². The summed E-state index contributed by atoms with van der Waals surface area (Å²) in [6.45, 7) is 5.62. The van der Waals surface area contributed by atoms with Crippen molar-refractivity contribution in [2.24, 2.45) is 5.92 Å². The zero-order chi connectivity index (χ0) is 23.1. The highest BCUT2D eigenvalue weighted by atomic mass is 16.5. The summed E-state index contributed by atoms with van der Waals surface area (Å²) in [5, 5.41) is 19.2. The molecule has 3 rings (SSSR count). The fraction of sp³-hybridized carbons (Fsp3) is 0.444. The molecule has 1 aliphatic rings. The quantitative estimate of drug-likeness (QED) is 0.529. The Morgan fingerprint density at radius 1 is 1.00 bits per heavy atom. The molecule has 1 aliphatic carbocycles. The van der Waals surface area contributed by atoms with Crippen LogP contribution in [0, 0.1) is 28.6 Å². The molecular formula is C27H30N2O3. The SMILES string of the molecule is CC(C)Oc1ccc([C@@H]2CCCC[C@H]2OC(=O)[C@@](C)(c2ccccc2)C(C#N)C#N)cc1. The van der Waals surface area contributed by atoms with Crippen molar-refractivity contribution < 1.29 is 14.3 Å². The van der Waals surface area contributed by atoms with Gasteiger partial charge in [0, 0.05) is 5.92 Å². The highest BCUT2D eigenvalue weighted by Gasteiger charge is 2.47. The highest BCUT2D eigenvalue weighted by molar-refractivity contribution is 5.84. The summed E-state index contributed by atoms with van der Waals surface area (Å²) in [5.41, 5.74) is 0.361. The largest absolute Gasteiger partial charge is 0.491 e. The van der Waals surface area contributed by atoms with Crippen molar-refractivity contribution in [3.63, 3.8) is 0 Å². The van der Waals surface area contributed by atoms with Crippen molar-refractivity contribution in [2.45, 2.75) is 70.0 Å². The summed E-state index contributed by atoms with van der Waals surface area (Å²) < 4.78 is 11.8. The summed E-state index contributed by atoms with van der Waals surface area (Å²) in [6.07, 6.45) is 3.53. The number of ether oxygens (including phenoxy) is 2. The molecule has 0 radical (unpaired) electrons. The van der Waals surface area contributed by atoms with Gasteiger partial charge in [0.25, 0.3) is 0 Å². The second kappa shape index (κ2) is 10.3. The van der Waals surface area contributed by atoms with E-state index < -0.39 is 17.3 Å². The lowest BCUT2D eigenvalue weighted by atomic mass is 9.72. The number of nitrogens with zero attached hydrogens (tertiary/aromatic N) is 2. The fourth-order valence-electron chi connectivity index (χ4n) is 4.42. The van der Waals surface area contributed by atoms with Crippen LogP contribution in [0.5, 0.6) is 5.75 Å². The topological polar surface area (TPSA) is 83.1 Å². The van der Waals surface area contributed by atoms with Crippen LogP contribution in [-0.2, 0) is 14.9 Å². The molecule has 166 valence electrons. The van der Waals surface area contributed by atoms with Gasteiger partial charge in [-0.15, -0.1) is 0 Å². The van der Waals surface area contributed by atoms with Crippen molar-refractivity contribution in [1.29, 1.82) is 10.5 Å². The maximum Gasteiger partial charge on any atom is 0.319 e. The first-order valence-electron chi connectivity index (χ1n) is 11.2. The Morgan fingerprint density at radius 2 is 1.62 bits per heavy atom. The number of carbonyl (C=O) groups is 1. The van der Waals surface area contributed by atoms with Crippen LogP contribution in [0.25, 0.3) is 0 Å². The number of carbonyl (C=O) groups excluding carboxylic acids is 1. The van der Waals surface area contributed by atoms with E-state index in [2.05, 4.69) is 0 Å². The third-order valence-corrected chi connectivity index (χ3v) is 6.27. The first-order chi connectivity index (χ1) is 15.4. The van der Waals surface area contributed by atoms with Crippen molar-refractivity contribution in [3.05, 3.63) is 65.7 Å². The third-order valence-electron chi connectivity index (χ3n) is 6.27. The van der Waals surface area contributed by atoms with Crippen molar-refractivity contribution in [2.75, 3.05) is 0 Å². The van der Waals surface area contributed by atoms with Gasteiger partial charge in [-0.25, -0.2) is 0 Å². The third kappa shape index (κ3) is 4.94. The summed E-state index contributed by atoms with van der Waals surface area (Å²) in [7, 11) is 0. The Morgan fingerprint density at radius 3 is 2.22 bits per heavy atom. The number of hydrogen-bond donors (Lipinski definition) is 0. The van der Waals surface area contributed by atoms with E-state index >= 15 is 0 Å². The second-order valence-electron chi connectivity index (χ2n) is 8.83. The molecule has 0 N–H and O–H groups in total. The predicted octanol–water partition coefficient (Wildman–Crippen LogP) is 5.66. The van der Waals surface area contributed by atoms with Gasteiger partial charge in [0.1, 0.15) is 17.3 Å². The molecule has 0 aliphatic heterocycles. The molecule has 2 aromatic rings. The van der Waals surface area contributed by atoms with Crippen LogP contribution in [0.2, 0.25) is 0 Å². The summed E-state index contributed by atoms with van der Waals surface area (Å²) in [5.74, 6) is -0.778. The van der Waals surface area contributed by atoms with Crippen LogP contribution in [0.4, 0.5) is 0 Å². The number of esters is 1. The normalized spacial score (nSPS) is 20.1. The molecule has 0 bridgehead atoms. The first-order valence-corrected chi connectivity index (χ1v) is 11.2. The van der Waals surface area contributed by atoms with Gasteiger partial charge in [-0.2, -0.15) is 10.5 Å². The molecule has 2 aromatic carbocycles. The maximum absolute atomic E-state index is 13.5. The molecule has 3 atom stereocenters. The van der Waals surface area contributed by atoms with Gasteiger partial charge in [-0.05, 0) is 63.3 Å². The van der Waals surface area contributed by atoms with Gasteiger partial charge >= 0.3 is 5.97 Å². The van der Waals surface area contributed by atoms with Crippen LogP contribution in [0.3, 0.4) is 0 Å². The second-order valence-corrected chi connectivity index (χ2v) is 8.83. The van der Waals surface area contributed by atoms with Crippen LogP contribution < -0.4 is 4.74 Å². The van der Waals surface area contributed by atoms with E-state index in [9.17, 15) is 15.3 Å². The monoisotopic (exact) mass is 430 g/mol. The van der Waals surface area contributed by atoms with Gasteiger partial charge in [0.05, 0.1) is 18.2 Å². The van der Waals surface area contributed by atoms with E-state index in [1.165, 1.54) is 0 Å². The molecule has 0 unspecified atom stereocenters. The Bertz CT molecular complexity index is 974. The van der Waals surface area contributed by atoms with Gasteiger partial charge in [-0.1, -0.05) is 48.9 Å². The van der Waals surface area contributed by atoms with E-state index in [4.69, 9.17) is 9.47 Å². The van der Waals surface area contributed by atoms with Crippen LogP contribution in [-0.4, -0.2) is 18.2 Å². The van der Waals surface area contributed by atoms with Crippen molar-refractivity contribution in [3.8, 4) is 17.9 Å². The molecule has 5 heteroatoms. The molecule has 0 amide bonds. The van der Waals surface area contributed by atoms with Crippen LogP contribution in [0.1, 0.15) is 63.5 Å². The van der Waals surface area contributed by atoms with E-state index in [1.807, 2.05) is 56.3 Å². The van der Waals surface area contributed by atoms with Gasteiger partial charge < -0.3 is 9.47 Å². The summed E-state index contributed by atoms with van der Waals surface area (Å²) >= 11 is 0. The molecule has 0 spiro atoms. The van der Waals surface area contributed by atoms with Crippen LogP contribution in [0.15, 0.2) is 54.6 Å². The molecule has 0 heterocycles. The Labute approximate surface area is 190 Å². The van der Waals surface area contributed by atoms with E-state index in [0.717, 1.165) is 37.0 Å². The zero-order valence-corrected chi connectivity index (χ0v) is 19.0. The molecular weight excluding hydrogens is 400 g/mol. The van der Waals surface area contributed by atoms with Crippen molar-refractivity contribution in [1.82, 2.24) is 0 Å². The summed E-state index contributed by atoms with van der Waals surface area (Å²) in [6, 6.07) is 21.0. The molecule has 1 saturated carbocycles. The molecule has 1 fully saturated rings. The van der Waals surface area contributed by atoms with E-state index in [-0.39, 0.29) is 18.1 Å².